The summed E-state index contributed by atoms with van der Waals surface area (Å²) >= 11 is 3.34. The second-order valence-corrected chi connectivity index (χ2v) is 3.81. The molecule has 0 saturated carbocycles. The molecule has 0 saturated heterocycles. The van der Waals surface area contributed by atoms with Crippen LogP contribution in [-0.2, 0) is 6.42 Å². The lowest BCUT2D eigenvalue weighted by molar-refractivity contribution is 0.185. The minimum absolute atomic E-state index is 0.232. The number of hydrogen-bond acceptors (Lipinski definition) is 2. The van der Waals surface area contributed by atoms with Crippen LogP contribution in [0.25, 0.3) is 0 Å². The minimum atomic E-state index is -0.232. The average Bonchev–Trinajstić information content (AvgIpc) is 2.01. The quantitative estimate of drug-likeness (QED) is 0.863. The molecule has 0 aromatic carbocycles. The van der Waals surface area contributed by atoms with Crippen LogP contribution in [0, 0.1) is 0 Å². The Balaban J connectivity index is 2.52. The lowest BCUT2D eigenvalue weighted by Gasteiger charge is -2.03. The van der Waals surface area contributed by atoms with Crippen LogP contribution in [0.4, 0.5) is 0 Å². The summed E-state index contributed by atoms with van der Waals surface area (Å²) in [4.78, 5) is 4.03. The lowest BCUT2D eigenvalue weighted by atomic mass is 10.1. The Hall–Kier alpha value is -0.410. The van der Waals surface area contributed by atoms with Crippen molar-refractivity contribution in [1.82, 2.24) is 4.98 Å². The fourth-order valence-electron chi connectivity index (χ4n) is 0.968. The lowest BCUT2D eigenvalue weighted by Crippen LogP contribution is -2.01. The van der Waals surface area contributed by atoms with Gasteiger partial charge in [-0.05, 0) is 47.3 Å². The molecule has 1 N–H and O–H groups in total. The van der Waals surface area contributed by atoms with Gasteiger partial charge in [-0.15, -0.1) is 0 Å². The van der Waals surface area contributed by atoms with E-state index in [1.807, 2.05) is 12.3 Å². The SMILES string of the molecule is CC(O)CCc1cncc(Br)c1. The van der Waals surface area contributed by atoms with Gasteiger partial charge in [-0.1, -0.05) is 0 Å². The molecule has 0 aliphatic heterocycles. The maximum atomic E-state index is 9.05. The monoisotopic (exact) mass is 229 g/mol. The van der Waals surface area contributed by atoms with Crippen molar-refractivity contribution in [3.8, 4) is 0 Å². The van der Waals surface area contributed by atoms with Gasteiger partial charge in [-0.3, -0.25) is 4.98 Å². The van der Waals surface area contributed by atoms with Gasteiger partial charge < -0.3 is 5.11 Å². The van der Waals surface area contributed by atoms with E-state index >= 15 is 0 Å². The molecule has 0 aliphatic rings. The summed E-state index contributed by atoms with van der Waals surface area (Å²) in [5.41, 5.74) is 1.16. The smallest absolute Gasteiger partial charge is 0.0515 e. The molecule has 1 aromatic heterocycles. The first kappa shape index (κ1) is 9.68. The van der Waals surface area contributed by atoms with Crippen LogP contribution in [0.1, 0.15) is 18.9 Å². The van der Waals surface area contributed by atoms with Gasteiger partial charge >= 0.3 is 0 Å². The fraction of sp³-hybridized carbons (Fsp3) is 0.444. The largest absolute Gasteiger partial charge is 0.393 e. The van der Waals surface area contributed by atoms with Gasteiger partial charge in [0.15, 0.2) is 0 Å². The summed E-state index contributed by atoms with van der Waals surface area (Å²) in [5.74, 6) is 0. The van der Waals surface area contributed by atoms with Crippen molar-refractivity contribution in [3.05, 3.63) is 28.5 Å². The highest BCUT2D eigenvalue weighted by atomic mass is 79.9. The number of hydrogen-bond donors (Lipinski definition) is 1. The number of nitrogens with zero attached hydrogens (tertiary/aromatic N) is 1. The van der Waals surface area contributed by atoms with E-state index in [1.54, 1.807) is 13.1 Å². The van der Waals surface area contributed by atoms with Crippen LogP contribution < -0.4 is 0 Å². The molecule has 0 spiro atoms. The maximum absolute atomic E-state index is 9.05. The van der Waals surface area contributed by atoms with Crippen molar-refractivity contribution in [2.75, 3.05) is 0 Å². The van der Waals surface area contributed by atoms with Gasteiger partial charge in [0.05, 0.1) is 6.10 Å². The molecule has 0 aliphatic carbocycles. The highest BCUT2D eigenvalue weighted by molar-refractivity contribution is 9.10. The third-order valence-corrected chi connectivity index (χ3v) is 2.05. The van der Waals surface area contributed by atoms with Crippen LogP contribution in [0.3, 0.4) is 0 Å². The van der Waals surface area contributed by atoms with Gasteiger partial charge in [-0.2, -0.15) is 0 Å². The average molecular weight is 230 g/mol. The summed E-state index contributed by atoms with van der Waals surface area (Å²) in [7, 11) is 0. The normalized spacial score (nSPS) is 12.9. The molecule has 3 heteroatoms. The topological polar surface area (TPSA) is 33.1 Å². The number of halogens is 1. The van der Waals surface area contributed by atoms with Crippen LogP contribution in [-0.4, -0.2) is 16.2 Å². The van der Waals surface area contributed by atoms with Crippen LogP contribution in [0.5, 0.6) is 0 Å². The standard InChI is InChI=1S/C9H12BrNO/c1-7(12)2-3-8-4-9(10)6-11-5-8/h4-7,12H,2-3H2,1H3. The molecule has 1 rings (SSSR count). The number of pyridine rings is 1. The second kappa shape index (κ2) is 4.58. The van der Waals surface area contributed by atoms with E-state index in [0.717, 1.165) is 22.9 Å². The Morgan fingerprint density at radius 2 is 2.33 bits per heavy atom. The van der Waals surface area contributed by atoms with Gasteiger partial charge in [0.25, 0.3) is 0 Å². The van der Waals surface area contributed by atoms with Crippen molar-refractivity contribution in [2.24, 2.45) is 0 Å². The van der Waals surface area contributed by atoms with Crippen molar-refractivity contribution in [3.63, 3.8) is 0 Å². The molecule has 0 fully saturated rings. The predicted molar refractivity (Wildman–Crippen MR) is 51.9 cm³/mol. The van der Waals surface area contributed by atoms with Crippen molar-refractivity contribution >= 4 is 15.9 Å². The van der Waals surface area contributed by atoms with E-state index < -0.39 is 0 Å². The highest BCUT2D eigenvalue weighted by Crippen LogP contribution is 2.11. The number of aromatic nitrogens is 1. The third-order valence-electron chi connectivity index (χ3n) is 1.61. The Kier molecular flexibility index (Phi) is 3.69. The first-order valence-electron chi connectivity index (χ1n) is 3.96. The number of aliphatic hydroxyl groups is 1. The van der Waals surface area contributed by atoms with Crippen molar-refractivity contribution < 1.29 is 5.11 Å². The molecule has 0 amide bonds. The molecule has 0 bridgehead atoms. The van der Waals surface area contributed by atoms with Gasteiger partial charge in [0.1, 0.15) is 0 Å². The summed E-state index contributed by atoms with van der Waals surface area (Å²) in [5, 5.41) is 9.05. The van der Waals surface area contributed by atoms with E-state index in [2.05, 4.69) is 20.9 Å². The molecule has 0 radical (unpaired) electrons. The Morgan fingerprint density at radius 3 is 2.92 bits per heavy atom. The van der Waals surface area contributed by atoms with E-state index in [0.29, 0.717) is 0 Å². The maximum Gasteiger partial charge on any atom is 0.0515 e. The molecule has 12 heavy (non-hydrogen) atoms. The zero-order valence-electron chi connectivity index (χ0n) is 7.00. The molecule has 2 nitrogen and oxygen atoms in total. The Bertz CT molecular complexity index is 250. The summed E-state index contributed by atoms with van der Waals surface area (Å²) in [6, 6.07) is 2.02. The molecule has 1 unspecified atom stereocenters. The highest BCUT2D eigenvalue weighted by Gasteiger charge is 1.98. The summed E-state index contributed by atoms with van der Waals surface area (Å²) in [6.07, 6.45) is 5.02. The van der Waals surface area contributed by atoms with Crippen LogP contribution >= 0.6 is 15.9 Å². The van der Waals surface area contributed by atoms with Crippen molar-refractivity contribution in [2.45, 2.75) is 25.9 Å². The molecule has 1 heterocycles. The molecule has 1 atom stereocenters. The second-order valence-electron chi connectivity index (χ2n) is 2.90. The molecule has 1 aromatic rings. The van der Waals surface area contributed by atoms with Gasteiger partial charge in [0.2, 0.25) is 0 Å². The van der Waals surface area contributed by atoms with E-state index in [9.17, 15) is 0 Å². The molecular formula is C9H12BrNO. The first-order chi connectivity index (χ1) is 5.68. The minimum Gasteiger partial charge on any atom is -0.393 e. The van der Waals surface area contributed by atoms with E-state index in [-0.39, 0.29) is 6.10 Å². The zero-order chi connectivity index (χ0) is 8.97. The third kappa shape index (κ3) is 3.32. The number of rotatable bonds is 3. The first-order valence-corrected chi connectivity index (χ1v) is 4.75. The molecule has 66 valence electrons. The fourth-order valence-corrected chi connectivity index (χ4v) is 1.38. The van der Waals surface area contributed by atoms with Crippen molar-refractivity contribution in [1.29, 1.82) is 0 Å². The number of aliphatic hydroxyl groups excluding tert-OH is 1. The summed E-state index contributed by atoms with van der Waals surface area (Å²) < 4.78 is 0.991. The Morgan fingerprint density at radius 1 is 1.58 bits per heavy atom. The zero-order valence-corrected chi connectivity index (χ0v) is 8.58. The van der Waals surface area contributed by atoms with Crippen LogP contribution in [0.15, 0.2) is 22.9 Å². The van der Waals surface area contributed by atoms with Gasteiger partial charge in [0, 0.05) is 16.9 Å². The predicted octanol–water partition coefficient (Wildman–Crippen LogP) is 2.16. The molecular weight excluding hydrogens is 218 g/mol. The van der Waals surface area contributed by atoms with Crippen LogP contribution in [0.2, 0.25) is 0 Å². The number of aryl methyl sites for hydroxylation is 1. The van der Waals surface area contributed by atoms with Gasteiger partial charge in [-0.25, -0.2) is 0 Å². The summed E-state index contributed by atoms with van der Waals surface area (Å²) in [6.45, 7) is 1.80. The Labute approximate surface area is 80.8 Å². The van der Waals surface area contributed by atoms with E-state index in [4.69, 9.17) is 5.11 Å². The van der Waals surface area contributed by atoms with E-state index in [1.165, 1.54) is 0 Å².